The Kier molecular flexibility index (Phi) is 4.42. The molecule has 132 valence electrons. The third-order valence-electron chi connectivity index (χ3n) is 5.53. The molecule has 2 saturated carbocycles. The third kappa shape index (κ3) is 3.39. The second kappa shape index (κ2) is 6.55. The highest BCUT2D eigenvalue weighted by atomic mass is 16.5. The molecular formula is C17H27N5O2. The van der Waals surface area contributed by atoms with Gasteiger partial charge in [-0.3, -0.25) is 5.43 Å². The lowest BCUT2D eigenvalue weighted by Gasteiger charge is -2.34. The van der Waals surface area contributed by atoms with Crippen molar-refractivity contribution in [2.45, 2.75) is 62.8 Å². The van der Waals surface area contributed by atoms with Crippen molar-refractivity contribution < 1.29 is 9.84 Å². The average Bonchev–Trinajstić information content (AvgIpc) is 3.17. The van der Waals surface area contributed by atoms with Gasteiger partial charge in [-0.25, -0.2) is 15.4 Å². The van der Waals surface area contributed by atoms with Crippen LogP contribution in [0.3, 0.4) is 0 Å². The standard InChI is InChI=1S/C17H27N5O2/c1-17(4-5-17)24-11-2-3-13-12(8-11)16(22-21-13)14-9-15(18-6-7-23)20-10-19-14/h9-13,16,21-23H,2-8H2,1H3,(H,18,19,20). The molecule has 2 aliphatic carbocycles. The Balaban J connectivity index is 1.45. The third-order valence-corrected chi connectivity index (χ3v) is 5.53. The number of ether oxygens (including phenoxy) is 1. The minimum atomic E-state index is 0.0883. The molecule has 3 aliphatic rings. The van der Waals surface area contributed by atoms with E-state index in [0.717, 1.165) is 30.8 Å². The molecule has 4 rings (SSSR count). The van der Waals surface area contributed by atoms with Crippen LogP contribution >= 0.6 is 0 Å². The molecule has 0 bridgehead atoms. The molecular weight excluding hydrogens is 306 g/mol. The fourth-order valence-electron chi connectivity index (χ4n) is 3.94. The first-order valence-corrected chi connectivity index (χ1v) is 9.02. The van der Waals surface area contributed by atoms with E-state index >= 15 is 0 Å². The number of aromatic nitrogens is 2. The summed E-state index contributed by atoms with van der Waals surface area (Å²) in [6.07, 6.45) is 7.67. The lowest BCUT2D eigenvalue weighted by atomic mass is 9.79. The van der Waals surface area contributed by atoms with Gasteiger partial charge in [-0.05, 0) is 39.0 Å². The van der Waals surface area contributed by atoms with E-state index in [2.05, 4.69) is 33.1 Å². The molecule has 0 aromatic carbocycles. The van der Waals surface area contributed by atoms with E-state index in [1.807, 2.05) is 6.07 Å². The summed E-state index contributed by atoms with van der Waals surface area (Å²) in [5.74, 6) is 1.24. The van der Waals surface area contributed by atoms with Gasteiger partial charge < -0.3 is 15.2 Å². The first-order chi connectivity index (χ1) is 11.7. The summed E-state index contributed by atoms with van der Waals surface area (Å²) >= 11 is 0. The number of hydrazine groups is 1. The van der Waals surface area contributed by atoms with Crippen molar-refractivity contribution >= 4 is 5.82 Å². The summed E-state index contributed by atoms with van der Waals surface area (Å²) in [7, 11) is 0. The summed E-state index contributed by atoms with van der Waals surface area (Å²) in [5, 5.41) is 12.1. The summed E-state index contributed by atoms with van der Waals surface area (Å²) in [6.45, 7) is 2.81. The highest BCUT2D eigenvalue weighted by molar-refractivity contribution is 5.36. The van der Waals surface area contributed by atoms with Crippen LogP contribution in [0.1, 0.15) is 50.8 Å². The molecule has 4 atom stereocenters. The van der Waals surface area contributed by atoms with Crippen molar-refractivity contribution in [1.82, 2.24) is 20.8 Å². The van der Waals surface area contributed by atoms with Crippen LogP contribution in [0.2, 0.25) is 0 Å². The van der Waals surface area contributed by atoms with Gasteiger partial charge in [0.2, 0.25) is 0 Å². The Morgan fingerprint density at radius 2 is 2.21 bits per heavy atom. The molecule has 1 saturated heterocycles. The van der Waals surface area contributed by atoms with Gasteiger partial charge in [-0.1, -0.05) is 0 Å². The quantitative estimate of drug-likeness (QED) is 0.620. The zero-order chi connectivity index (χ0) is 16.6. The van der Waals surface area contributed by atoms with Crippen LogP contribution in [0, 0.1) is 5.92 Å². The normalized spacial score (nSPS) is 33.9. The minimum absolute atomic E-state index is 0.0883. The highest BCUT2D eigenvalue weighted by Gasteiger charge is 2.46. The number of hydrogen-bond acceptors (Lipinski definition) is 7. The van der Waals surface area contributed by atoms with E-state index in [4.69, 9.17) is 9.84 Å². The number of fused-ring (bicyclic) bond motifs is 1. The van der Waals surface area contributed by atoms with Crippen LogP contribution in [0.4, 0.5) is 5.82 Å². The molecule has 24 heavy (non-hydrogen) atoms. The number of rotatable bonds is 6. The van der Waals surface area contributed by atoms with Gasteiger partial charge in [0.25, 0.3) is 0 Å². The fourth-order valence-corrected chi connectivity index (χ4v) is 3.94. The maximum absolute atomic E-state index is 8.95. The van der Waals surface area contributed by atoms with Gasteiger partial charge in [0.1, 0.15) is 12.1 Å². The Labute approximate surface area is 142 Å². The second-order valence-corrected chi connectivity index (χ2v) is 7.52. The van der Waals surface area contributed by atoms with Crippen LogP contribution in [0.15, 0.2) is 12.4 Å². The van der Waals surface area contributed by atoms with Crippen LogP contribution in [0.5, 0.6) is 0 Å². The number of aliphatic hydroxyl groups is 1. The predicted octanol–water partition coefficient (Wildman–Crippen LogP) is 1.14. The zero-order valence-electron chi connectivity index (χ0n) is 14.2. The zero-order valence-corrected chi connectivity index (χ0v) is 14.2. The Bertz CT molecular complexity index is 580. The molecule has 0 amide bonds. The first kappa shape index (κ1) is 16.2. The Morgan fingerprint density at radius 1 is 1.33 bits per heavy atom. The predicted molar refractivity (Wildman–Crippen MR) is 90.3 cm³/mol. The van der Waals surface area contributed by atoms with Gasteiger partial charge >= 0.3 is 0 Å². The number of anilines is 1. The van der Waals surface area contributed by atoms with Gasteiger partial charge in [0.15, 0.2) is 0 Å². The van der Waals surface area contributed by atoms with Crippen molar-refractivity contribution in [1.29, 1.82) is 0 Å². The fraction of sp³-hybridized carbons (Fsp3) is 0.765. The maximum atomic E-state index is 8.95. The number of hydrogen-bond donors (Lipinski definition) is 4. The summed E-state index contributed by atoms with van der Waals surface area (Å²) in [4.78, 5) is 8.69. The largest absolute Gasteiger partial charge is 0.395 e. The molecule has 3 fully saturated rings. The molecule has 1 aromatic heterocycles. The van der Waals surface area contributed by atoms with Crippen molar-refractivity contribution in [3.8, 4) is 0 Å². The highest BCUT2D eigenvalue weighted by Crippen LogP contribution is 2.44. The monoisotopic (exact) mass is 333 g/mol. The van der Waals surface area contributed by atoms with E-state index in [9.17, 15) is 0 Å². The molecule has 0 spiro atoms. The Hall–Kier alpha value is -1.28. The lowest BCUT2D eigenvalue weighted by molar-refractivity contribution is -0.0500. The Morgan fingerprint density at radius 3 is 3.00 bits per heavy atom. The van der Waals surface area contributed by atoms with Crippen LogP contribution in [0.25, 0.3) is 0 Å². The molecule has 4 unspecified atom stereocenters. The number of nitrogens with zero attached hydrogens (tertiary/aromatic N) is 2. The minimum Gasteiger partial charge on any atom is -0.395 e. The number of aliphatic hydroxyl groups excluding tert-OH is 1. The average molecular weight is 333 g/mol. The van der Waals surface area contributed by atoms with Crippen molar-refractivity contribution in [3.63, 3.8) is 0 Å². The van der Waals surface area contributed by atoms with Crippen molar-refractivity contribution in [2.75, 3.05) is 18.5 Å². The SMILES string of the molecule is CC1(OC2CCC3NNC(c4cc(NCCO)ncn4)C3C2)CC1. The molecule has 7 heteroatoms. The van der Waals surface area contributed by atoms with E-state index < -0.39 is 0 Å². The van der Waals surface area contributed by atoms with Crippen LogP contribution in [-0.2, 0) is 4.74 Å². The smallest absolute Gasteiger partial charge is 0.129 e. The maximum Gasteiger partial charge on any atom is 0.129 e. The topological polar surface area (TPSA) is 91.3 Å². The van der Waals surface area contributed by atoms with E-state index in [1.54, 1.807) is 6.33 Å². The summed E-state index contributed by atoms with van der Waals surface area (Å²) < 4.78 is 6.33. The number of nitrogens with one attached hydrogen (secondary N) is 3. The van der Waals surface area contributed by atoms with Crippen molar-refractivity contribution in [2.24, 2.45) is 5.92 Å². The molecule has 0 radical (unpaired) electrons. The van der Waals surface area contributed by atoms with Crippen molar-refractivity contribution in [3.05, 3.63) is 18.1 Å². The molecule has 7 nitrogen and oxygen atoms in total. The summed E-state index contributed by atoms with van der Waals surface area (Å²) in [6, 6.07) is 2.63. The van der Waals surface area contributed by atoms with Crippen LogP contribution < -0.4 is 16.2 Å². The second-order valence-electron chi connectivity index (χ2n) is 7.52. The van der Waals surface area contributed by atoms with Gasteiger partial charge in [0, 0.05) is 24.6 Å². The molecule has 1 aromatic rings. The lowest BCUT2D eigenvalue weighted by Crippen LogP contribution is -2.38. The van der Waals surface area contributed by atoms with E-state index in [-0.39, 0.29) is 18.2 Å². The van der Waals surface area contributed by atoms with E-state index in [0.29, 0.717) is 24.6 Å². The van der Waals surface area contributed by atoms with Gasteiger partial charge in [-0.2, -0.15) is 0 Å². The molecule has 4 N–H and O–H groups in total. The van der Waals surface area contributed by atoms with Gasteiger partial charge in [0.05, 0.1) is 30.0 Å². The molecule has 2 heterocycles. The summed E-state index contributed by atoms with van der Waals surface area (Å²) in [5.41, 5.74) is 8.00. The van der Waals surface area contributed by atoms with Gasteiger partial charge in [-0.15, -0.1) is 0 Å². The van der Waals surface area contributed by atoms with Crippen LogP contribution in [-0.4, -0.2) is 46.0 Å². The van der Waals surface area contributed by atoms with E-state index in [1.165, 1.54) is 12.8 Å². The first-order valence-electron chi connectivity index (χ1n) is 9.02. The molecule has 1 aliphatic heterocycles.